The first-order valence-corrected chi connectivity index (χ1v) is 8.35. The van der Waals surface area contributed by atoms with E-state index in [9.17, 15) is 10.0 Å². The van der Waals surface area contributed by atoms with Gasteiger partial charge >= 0.3 is 6.03 Å². The lowest BCUT2D eigenvalue weighted by atomic mass is 10.2. The summed E-state index contributed by atoms with van der Waals surface area (Å²) >= 11 is 0. The second-order valence-electron chi connectivity index (χ2n) is 5.95. The lowest BCUT2D eigenvalue weighted by molar-refractivity contribution is 0.219. The van der Waals surface area contributed by atoms with Gasteiger partial charge in [-0.3, -0.25) is 5.21 Å². The van der Waals surface area contributed by atoms with Gasteiger partial charge in [-0.05, 0) is 30.7 Å². The SMILES string of the molecule is CCCCn1c(N2C(=O)Nc3ccccc3N2O)nc2ccccc21. The molecule has 1 aliphatic rings. The number of hydrazine groups is 1. The highest BCUT2D eigenvalue weighted by Crippen LogP contribution is 2.34. The monoisotopic (exact) mass is 337 g/mol. The third-order valence-electron chi connectivity index (χ3n) is 4.30. The van der Waals surface area contributed by atoms with Crippen molar-refractivity contribution >= 4 is 34.4 Å². The van der Waals surface area contributed by atoms with E-state index in [2.05, 4.69) is 17.2 Å². The maximum atomic E-state index is 12.6. The molecule has 25 heavy (non-hydrogen) atoms. The standard InChI is InChI=1S/C18H19N5O2/c1-2-3-12-21-15-10-6-4-8-13(15)19-17(21)22-18(24)20-14-9-5-7-11-16(14)23(22)25/h4-11,25H,2-3,12H2,1H3,(H,20,24). The van der Waals surface area contributed by atoms with Gasteiger partial charge in [0, 0.05) is 6.54 Å². The van der Waals surface area contributed by atoms with Crippen molar-refractivity contribution in [3.63, 3.8) is 0 Å². The second kappa shape index (κ2) is 6.10. The Balaban J connectivity index is 1.85. The van der Waals surface area contributed by atoms with Gasteiger partial charge in [0.05, 0.1) is 16.7 Å². The number of para-hydroxylation sites is 4. The molecular formula is C18H19N5O2. The second-order valence-corrected chi connectivity index (χ2v) is 5.95. The van der Waals surface area contributed by atoms with Gasteiger partial charge in [-0.1, -0.05) is 37.6 Å². The van der Waals surface area contributed by atoms with E-state index in [0.29, 0.717) is 23.9 Å². The van der Waals surface area contributed by atoms with E-state index in [-0.39, 0.29) is 0 Å². The maximum absolute atomic E-state index is 12.6. The summed E-state index contributed by atoms with van der Waals surface area (Å²) in [4.78, 5) is 17.2. The third kappa shape index (κ3) is 2.49. The first kappa shape index (κ1) is 15.5. The van der Waals surface area contributed by atoms with Gasteiger partial charge in [-0.15, -0.1) is 10.2 Å². The summed E-state index contributed by atoms with van der Waals surface area (Å²) in [5.74, 6) is 0.393. The van der Waals surface area contributed by atoms with E-state index in [1.165, 1.54) is 0 Å². The molecule has 3 aromatic rings. The van der Waals surface area contributed by atoms with E-state index in [1.807, 2.05) is 28.8 Å². The van der Waals surface area contributed by atoms with Crippen LogP contribution in [0.1, 0.15) is 19.8 Å². The highest BCUT2D eigenvalue weighted by atomic mass is 16.6. The van der Waals surface area contributed by atoms with E-state index in [0.717, 1.165) is 34.1 Å². The number of urea groups is 1. The van der Waals surface area contributed by atoms with Crippen LogP contribution in [0.5, 0.6) is 0 Å². The molecule has 7 heteroatoms. The molecule has 0 radical (unpaired) electrons. The minimum Gasteiger partial charge on any atom is -0.308 e. The number of benzene rings is 2. The highest BCUT2D eigenvalue weighted by Gasteiger charge is 2.34. The summed E-state index contributed by atoms with van der Waals surface area (Å²) in [6.07, 6.45) is 1.97. The van der Waals surface area contributed by atoms with Crippen molar-refractivity contribution in [3.8, 4) is 0 Å². The van der Waals surface area contributed by atoms with Crippen molar-refractivity contribution in [2.24, 2.45) is 0 Å². The minimum absolute atomic E-state index is 0.393. The Morgan fingerprint density at radius 1 is 1.12 bits per heavy atom. The van der Waals surface area contributed by atoms with E-state index in [1.54, 1.807) is 24.3 Å². The van der Waals surface area contributed by atoms with Gasteiger partial charge in [-0.25, -0.2) is 9.78 Å². The van der Waals surface area contributed by atoms with Crippen LogP contribution in [0.15, 0.2) is 48.5 Å². The van der Waals surface area contributed by atoms with Crippen LogP contribution in [0.2, 0.25) is 0 Å². The van der Waals surface area contributed by atoms with Crippen molar-refractivity contribution < 1.29 is 10.0 Å². The predicted octanol–water partition coefficient (Wildman–Crippen LogP) is 4.00. The Kier molecular flexibility index (Phi) is 3.77. The molecule has 0 aliphatic carbocycles. The normalized spacial score (nSPS) is 13.9. The lowest BCUT2D eigenvalue weighted by Gasteiger charge is -2.35. The van der Waals surface area contributed by atoms with Crippen LogP contribution >= 0.6 is 0 Å². The van der Waals surface area contributed by atoms with Gasteiger partial charge in [0.1, 0.15) is 5.69 Å². The summed E-state index contributed by atoms with van der Waals surface area (Å²) in [6, 6.07) is 14.4. The van der Waals surface area contributed by atoms with Crippen LogP contribution in [0.3, 0.4) is 0 Å². The highest BCUT2D eigenvalue weighted by molar-refractivity contribution is 6.08. The first-order chi connectivity index (χ1) is 12.2. The molecule has 2 amide bonds. The number of amides is 2. The number of anilines is 3. The number of fused-ring (bicyclic) bond motifs is 2. The summed E-state index contributed by atoms with van der Waals surface area (Å²) in [6.45, 7) is 2.83. The molecule has 0 fully saturated rings. The number of carbonyl (C=O) groups is 1. The van der Waals surface area contributed by atoms with E-state index >= 15 is 0 Å². The molecule has 1 aliphatic heterocycles. The molecule has 0 saturated carbocycles. The maximum Gasteiger partial charge on any atom is 0.350 e. The molecule has 2 heterocycles. The van der Waals surface area contributed by atoms with Gasteiger partial charge < -0.3 is 9.88 Å². The fourth-order valence-corrected chi connectivity index (χ4v) is 3.05. The Morgan fingerprint density at radius 3 is 2.72 bits per heavy atom. The zero-order valence-electron chi connectivity index (χ0n) is 13.9. The largest absolute Gasteiger partial charge is 0.350 e. The lowest BCUT2D eigenvalue weighted by Crippen LogP contribution is -2.52. The first-order valence-electron chi connectivity index (χ1n) is 8.35. The fraction of sp³-hybridized carbons (Fsp3) is 0.222. The Hall–Kier alpha value is -3.06. The number of hydrogen-bond acceptors (Lipinski definition) is 4. The summed E-state index contributed by atoms with van der Waals surface area (Å²) < 4.78 is 1.97. The van der Waals surface area contributed by atoms with Crippen LogP contribution in [-0.4, -0.2) is 20.8 Å². The molecule has 128 valence electrons. The number of aryl methyl sites for hydroxylation is 1. The Bertz CT molecular complexity index is 936. The molecule has 4 rings (SSSR count). The van der Waals surface area contributed by atoms with Crippen molar-refractivity contribution in [2.45, 2.75) is 26.3 Å². The molecule has 0 spiro atoms. The predicted molar refractivity (Wildman–Crippen MR) is 96.8 cm³/mol. The molecule has 0 atom stereocenters. The zero-order valence-corrected chi connectivity index (χ0v) is 13.9. The van der Waals surface area contributed by atoms with Gasteiger partial charge in [0.15, 0.2) is 0 Å². The van der Waals surface area contributed by atoms with Crippen molar-refractivity contribution in [1.29, 1.82) is 0 Å². The average Bonchev–Trinajstić information content (AvgIpc) is 2.98. The number of unbranched alkanes of at least 4 members (excludes halogenated alkanes) is 1. The number of imidazole rings is 1. The number of hydrogen-bond donors (Lipinski definition) is 2. The molecule has 1 aromatic heterocycles. The van der Waals surface area contributed by atoms with Crippen LogP contribution in [0.25, 0.3) is 11.0 Å². The Labute approximate surface area is 145 Å². The van der Waals surface area contributed by atoms with Gasteiger partial charge in [0.2, 0.25) is 5.95 Å². The van der Waals surface area contributed by atoms with E-state index in [4.69, 9.17) is 0 Å². The molecule has 2 aromatic carbocycles. The molecule has 7 nitrogen and oxygen atoms in total. The minimum atomic E-state index is -0.450. The number of nitrogens with zero attached hydrogens (tertiary/aromatic N) is 4. The van der Waals surface area contributed by atoms with Crippen LogP contribution in [-0.2, 0) is 6.54 Å². The smallest absolute Gasteiger partial charge is 0.308 e. The van der Waals surface area contributed by atoms with Crippen LogP contribution in [0.4, 0.5) is 22.1 Å². The zero-order chi connectivity index (χ0) is 17.4. The summed E-state index contributed by atoms with van der Waals surface area (Å²) in [5.41, 5.74) is 2.78. The van der Waals surface area contributed by atoms with Crippen molar-refractivity contribution in [3.05, 3.63) is 48.5 Å². The van der Waals surface area contributed by atoms with Gasteiger partial charge in [0.25, 0.3) is 0 Å². The fourth-order valence-electron chi connectivity index (χ4n) is 3.05. The van der Waals surface area contributed by atoms with Crippen LogP contribution < -0.4 is 15.5 Å². The van der Waals surface area contributed by atoms with E-state index < -0.39 is 6.03 Å². The Morgan fingerprint density at radius 2 is 1.88 bits per heavy atom. The summed E-state index contributed by atoms with van der Waals surface area (Å²) in [7, 11) is 0. The average molecular weight is 337 g/mol. The number of rotatable bonds is 4. The summed E-state index contributed by atoms with van der Waals surface area (Å²) in [5, 5.41) is 15.5. The topological polar surface area (TPSA) is 73.6 Å². The molecule has 0 bridgehead atoms. The quantitative estimate of drug-likeness (QED) is 0.755. The third-order valence-corrected chi connectivity index (χ3v) is 4.30. The molecule has 2 N–H and O–H groups in total. The number of aromatic nitrogens is 2. The molecule has 0 unspecified atom stereocenters. The number of carbonyl (C=O) groups excluding carboxylic acids is 1. The van der Waals surface area contributed by atoms with Crippen LogP contribution in [0, 0.1) is 0 Å². The molecule has 0 saturated heterocycles. The number of nitrogens with one attached hydrogen (secondary N) is 1. The van der Waals surface area contributed by atoms with Crippen molar-refractivity contribution in [2.75, 3.05) is 15.5 Å². The van der Waals surface area contributed by atoms with Gasteiger partial charge in [-0.2, -0.15) is 0 Å². The van der Waals surface area contributed by atoms with Crippen molar-refractivity contribution in [1.82, 2.24) is 9.55 Å². The molecular weight excluding hydrogens is 318 g/mol.